The highest BCUT2D eigenvalue weighted by molar-refractivity contribution is 5.98. The molecular formula is C18H24N4O2. The highest BCUT2D eigenvalue weighted by Crippen LogP contribution is 2.42. The Morgan fingerprint density at radius 1 is 1.25 bits per heavy atom. The molecule has 3 heterocycles. The van der Waals surface area contributed by atoms with Crippen LogP contribution in [0.4, 0.5) is 5.82 Å². The molecule has 128 valence electrons. The number of anilines is 1. The van der Waals surface area contributed by atoms with Crippen molar-refractivity contribution >= 4 is 17.6 Å². The number of carbonyl (C=O) groups is 2. The first-order valence-electron chi connectivity index (χ1n) is 8.83. The normalized spacial score (nSPS) is 26.3. The molecule has 0 radical (unpaired) electrons. The van der Waals surface area contributed by atoms with E-state index in [0.717, 1.165) is 62.9 Å². The Kier molecular flexibility index (Phi) is 3.51. The van der Waals surface area contributed by atoms with E-state index in [9.17, 15) is 9.59 Å². The van der Waals surface area contributed by atoms with Gasteiger partial charge >= 0.3 is 0 Å². The number of likely N-dealkylation sites (tertiary alicyclic amines) is 1. The SMILES string of the molecule is CN1CCC[C@]2(CCN(c3nc4c(cc3C(N)=O)CCC4)C2)C1=O. The number of fused-ring (bicyclic) bond motifs is 1. The molecule has 2 N–H and O–H groups in total. The minimum atomic E-state index is -0.430. The van der Waals surface area contributed by atoms with E-state index in [4.69, 9.17) is 10.7 Å². The third-order valence-electron chi connectivity index (χ3n) is 5.90. The van der Waals surface area contributed by atoms with E-state index in [1.54, 1.807) is 0 Å². The van der Waals surface area contributed by atoms with Gasteiger partial charge in [0.25, 0.3) is 5.91 Å². The first kappa shape index (κ1) is 15.4. The first-order chi connectivity index (χ1) is 11.5. The number of amides is 2. The number of primary amides is 1. The zero-order valence-electron chi connectivity index (χ0n) is 14.2. The molecule has 0 aromatic carbocycles. The van der Waals surface area contributed by atoms with E-state index >= 15 is 0 Å². The summed E-state index contributed by atoms with van der Waals surface area (Å²) in [6.07, 6.45) is 5.79. The third kappa shape index (κ3) is 2.27. The van der Waals surface area contributed by atoms with Gasteiger partial charge in [0.05, 0.1) is 11.0 Å². The van der Waals surface area contributed by atoms with Crippen LogP contribution < -0.4 is 10.6 Å². The lowest BCUT2D eigenvalue weighted by atomic mass is 9.78. The largest absolute Gasteiger partial charge is 0.365 e. The number of hydrogen-bond acceptors (Lipinski definition) is 4. The Morgan fingerprint density at radius 3 is 2.88 bits per heavy atom. The van der Waals surface area contributed by atoms with Crippen LogP contribution in [-0.2, 0) is 17.6 Å². The predicted molar refractivity (Wildman–Crippen MR) is 90.9 cm³/mol. The molecule has 6 nitrogen and oxygen atoms in total. The number of aryl methyl sites for hydroxylation is 2. The van der Waals surface area contributed by atoms with Gasteiger partial charge < -0.3 is 15.5 Å². The summed E-state index contributed by atoms with van der Waals surface area (Å²) in [7, 11) is 1.88. The maximum Gasteiger partial charge on any atom is 0.252 e. The topological polar surface area (TPSA) is 79.5 Å². The highest BCUT2D eigenvalue weighted by Gasteiger charge is 2.48. The van der Waals surface area contributed by atoms with Gasteiger partial charge in [0, 0.05) is 32.4 Å². The fraction of sp³-hybridized carbons (Fsp3) is 0.611. The molecule has 2 aliphatic heterocycles. The minimum absolute atomic E-state index is 0.234. The van der Waals surface area contributed by atoms with E-state index in [-0.39, 0.29) is 11.3 Å². The second kappa shape index (κ2) is 5.46. The van der Waals surface area contributed by atoms with Crippen LogP contribution >= 0.6 is 0 Å². The molecule has 2 fully saturated rings. The standard InChI is InChI=1S/C18H24N4O2/c1-21-8-3-6-18(17(21)24)7-9-22(11-18)16-13(15(19)23)10-12-4-2-5-14(12)20-16/h10H,2-9,11H2,1H3,(H2,19,23)/t18-/m1/s1. The molecule has 1 aromatic heterocycles. The second-order valence-corrected chi connectivity index (χ2v) is 7.47. The number of nitrogens with zero attached hydrogens (tertiary/aromatic N) is 3. The van der Waals surface area contributed by atoms with E-state index in [1.165, 1.54) is 0 Å². The van der Waals surface area contributed by atoms with Crippen molar-refractivity contribution in [3.8, 4) is 0 Å². The summed E-state index contributed by atoms with van der Waals surface area (Å²) in [5.74, 6) is 0.485. The first-order valence-corrected chi connectivity index (χ1v) is 8.83. The summed E-state index contributed by atoms with van der Waals surface area (Å²) in [5.41, 5.74) is 8.04. The molecular weight excluding hydrogens is 304 g/mol. The van der Waals surface area contributed by atoms with Crippen LogP contribution in [0.1, 0.15) is 47.3 Å². The van der Waals surface area contributed by atoms with E-state index in [1.807, 2.05) is 18.0 Å². The molecule has 2 saturated heterocycles. The van der Waals surface area contributed by atoms with Gasteiger partial charge in [-0.15, -0.1) is 0 Å². The van der Waals surface area contributed by atoms with Crippen LogP contribution in [0, 0.1) is 5.41 Å². The number of aromatic nitrogens is 1. The van der Waals surface area contributed by atoms with Crippen molar-refractivity contribution in [2.75, 3.05) is 31.6 Å². The summed E-state index contributed by atoms with van der Waals surface area (Å²) in [6.45, 7) is 2.23. The van der Waals surface area contributed by atoms with Gasteiger partial charge in [-0.05, 0) is 50.2 Å². The van der Waals surface area contributed by atoms with Gasteiger partial charge in [-0.3, -0.25) is 9.59 Å². The van der Waals surface area contributed by atoms with Crippen molar-refractivity contribution in [1.29, 1.82) is 0 Å². The van der Waals surface area contributed by atoms with Gasteiger partial charge in [0.15, 0.2) is 0 Å². The zero-order valence-corrected chi connectivity index (χ0v) is 14.2. The van der Waals surface area contributed by atoms with Gasteiger partial charge in [-0.25, -0.2) is 4.98 Å². The minimum Gasteiger partial charge on any atom is -0.365 e. The molecule has 2 amide bonds. The Morgan fingerprint density at radius 2 is 2.08 bits per heavy atom. The molecule has 0 unspecified atom stereocenters. The number of nitrogens with two attached hydrogens (primary N) is 1. The number of carbonyl (C=O) groups excluding carboxylic acids is 2. The average molecular weight is 328 g/mol. The summed E-state index contributed by atoms with van der Waals surface area (Å²) >= 11 is 0. The summed E-state index contributed by atoms with van der Waals surface area (Å²) in [6, 6.07) is 1.92. The third-order valence-corrected chi connectivity index (χ3v) is 5.90. The number of pyridine rings is 1. The molecule has 0 bridgehead atoms. The van der Waals surface area contributed by atoms with Gasteiger partial charge in [-0.2, -0.15) is 0 Å². The van der Waals surface area contributed by atoms with Gasteiger partial charge in [0.1, 0.15) is 5.82 Å². The van der Waals surface area contributed by atoms with Crippen LogP contribution in [0.5, 0.6) is 0 Å². The van der Waals surface area contributed by atoms with Crippen LogP contribution in [0.25, 0.3) is 0 Å². The number of rotatable bonds is 2. The molecule has 4 rings (SSSR count). The lowest BCUT2D eigenvalue weighted by Gasteiger charge is -2.37. The van der Waals surface area contributed by atoms with Crippen molar-refractivity contribution in [3.05, 3.63) is 22.9 Å². The van der Waals surface area contributed by atoms with E-state index < -0.39 is 5.91 Å². The molecule has 0 saturated carbocycles. The monoisotopic (exact) mass is 328 g/mol. The summed E-state index contributed by atoms with van der Waals surface area (Å²) in [5, 5.41) is 0. The maximum absolute atomic E-state index is 12.7. The summed E-state index contributed by atoms with van der Waals surface area (Å²) in [4.78, 5) is 33.4. The number of hydrogen-bond donors (Lipinski definition) is 1. The van der Waals surface area contributed by atoms with Gasteiger partial charge in [0.2, 0.25) is 5.91 Å². The van der Waals surface area contributed by atoms with E-state index in [2.05, 4.69) is 4.90 Å². The van der Waals surface area contributed by atoms with Crippen LogP contribution in [0.15, 0.2) is 6.07 Å². The Hall–Kier alpha value is -2.11. The van der Waals surface area contributed by atoms with Crippen molar-refractivity contribution in [3.63, 3.8) is 0 Å². The Balaban J connectivity index is 1.68. The number of piperidine rings is 1. The van der Waals surface area contributed by atoms with Crippen molar-refractivity contribution in [2.24, 2.45) is 11.1 Å². The molecule has 1 aromatic rings. The average Bonchev–Trinajstić information content (AvgIpc) is 3.18. The fourth-order valence-electron chi connectivity index (χ4n) is 4.58. The molecule has 1 aliphatic carbocycles. The Labute approximate surface area is 142 Å². The Bertz CT molecular complexity index is 717. The zero-order chi connectivity index (χ0) is 16.9. The van der Waals surface area contributed by atoms with Crippen molar-refractivity contribution in [2.45, 2.75) is 38.5 Å². The maximum atomic E-state index is 12.7. The molecule has 24 heavy (non-hydrogen) atoms. The second-order valence-electron chi connectivity index (χ2n) is 7.47. The molecule has 1 atom stereocenters. The smallest absolute Gasteiger partial charge is 0.252 e. The molecule has 1 spiro atoms. The van der Waals surface area contributed by atoms with E-state index in [0.29, 0.717) is 17.9 Å². The lowest BCUT2D eigenvalue weighted by molar-refractivity contribution is -0.143. The quantitative estimate of drug-likeness (QED) is 0.882. The summed E-state index contributed by atoms with van der Waals surface area (Å²) < 4.78 is 0. The lowest BCUT2D eigenvalue weighted by Crippen LogP contribution is -2.48. The van der Waals surface area contributed by atoms with Crippen LogP contribution in [0.3, 0.4) is 0 Å². The van der Waals surface area contributed by atoms with Crippen LogP contribution in [0.2, 0.25) is 0 Å². The van der Waals surface area contributed by atoms with Crippen molar-refractivity contribution in [1.82, 2.24) is 9.88 Å². The molecule has 3 aliphatic rings. The van der Waals surface area contributed by atoms with Crippen molar-refractivity contribution < 1.29 is 9.59 Å². The predicted octanol–water partition coefficient (Wildman–Crippen LogP) is 1.12. The molecule has 6 heteroatoms. The van der Waals surface area contributed by atoms with Crippen LogP contribution in [-0.4, -0.2) is 48.4 Å². The fourth-order valence-corrected chi connectivity index (χ4v) is 4.58. The van der Waals surface area contributed by atoms with Gasteiger partial charge in [-0.1, -0.05) is 0 Å². The highest BCUT2D eigenvalue weighted by atomic mass is 16.2.